The summed E-state index contributed by atoms with van der Waals surface area (Å²) in [4.78, 5) is 11.2. The zero-order valence-corrected chi connectivity index (χ0v) is 15.4. The van der Waals surface area contributed by atoms with Crippen molar-refractivity contribution >= 4 is 29.1 Å². The Labute approximate surface area is 153 Å². The van der Waals surface area contributed by atoms with Crippen molar-refractivity contribution < 1.29 is 4.74 Å². The number of aryl methyl sites for hydroxylation is 2. The van der Waals surface area contributed by atoms with Crippen LogP contribution in [0, 0.1) is 13.8 Å². The maximum atomic E-state index is 5.40. The number of nitrogens with one attached hydrogen (secondary N) is 2. The van der Waals surface area contributed by atoms with Crippen molar-refractivity contribution in [2.45, 2.75) is 20.4 Å². The second-order valence-corrected chi connectivity index (χ2v) is 6.49. The lowest BCUT2D eigenvalue weighted by Gasteiger charge is -2.28. The summed E-state index contributed by atoms with van der Waals surface area (Å²) in [6.07, 6.45) is 0. The van der Waals surface area contributed by atoms with Gasteiger partial charge in [0.25, 0.3) is 0 Å². The first kappa shape index (κ1) is 17.6. The summed E-state index contributed by atoms with van der Waals surface area (Å²) in [5, 5.41) is 6.79. The van der Waals surface area contributed by atoms with E-state index in [1.807, 2.05) is 13.0 Å². The molecule has 1 saturated heterocycles. The van der Waals surface area contributed by atoms with Gasteiger partial charge >= 0.3 is 0 Å². The fourth-order valence-corrected chi connectivity index (χ4v) is 2.76. The Hall–Kier alpha value is -2.25. The molecule has 1 aromatic heterocycles. The Morgan fingerprint density at radius 2 is 1.88 bits per heavy atom. The fourth-order valence-electron chi connectivity index (χ4n) is 2.60. The van der Waals surface area contributed by atoms with E-state index in [1.54, 1.807) is 0 Å². The van der Waals surface area contributed by atoms with Crippen molar-refractivity contribution in [2.24, 2.45) is 0 Å². The molecular weight excluding hydrogens is 334 g/mol. The molecule has 0 radical (unpaired) electrons. The Bertz CT molecular complexity index is 729. The third kappa shape index (κ3) is 5.11. The molecule has 0 aliphatic carbocycles. The van der Waals surface area contributed by atoms with E-state index in [2.05, 4.69) is 56.7 Å². The summed E-state index contributed by atoms with van der Waals surface area (Å²) in [5.41, 5.74) is 3.32. The standard InChI is InChI=1S/C18H23N5OS/c1-13-3-5-15(6-4-13)12-19-18(25)22-17-20-14(2)11-16(21-17)23-7-9-24-10-8-23/h3-6,11H,7-10,12H2,1-2H3,(H2,19,20,21,22,25). The maximum absolute atomic E-state index is 5.40. The summed E-state index contributed by atoms with van der Waals surface area (Å²) in [7, 11) is 0. The van der Waals surface area contributed by atoms with Gasteiger partial charge in [-0.2, -0.15) is 4.98 Å². The molecule has 0 amide bonds. The van der Waals surface area contributed by atoms with Crippen molar-refractivity contribution in [3.8, 4) is 0 Å². The van der Waals surface area contributed by atoms with Crippen molar-refractivity contribution in [3.63, 3.8) is 0 Å². The molecule has 2 N–H and O–H groups in total. The van der Waals surface area contributed by atoms with Crippen molar-refractivity contribution in [1.29, 1.82) is 0 Å². The molecule has 6 nitrogen and oxygen atoms in total. The molecule has 1 fully saturated rings. The molecule has 0 unspecified atom stereocenters. The Morgan fingerprint density at radius 3 is 2.60 bits per heavy atom. The van der Waals surface area contributed by atoms with Gasteiger partial charge in [0, 0.05) is 31.4 Å². The minimum atomic E-state index is 0.513. The fraction of sp³-hybridized carbons (Fsp3) is 0.389. The molecule has 2 aromatic rings. The Kier molecular flexibility index (Phi) is 5.78. The average Bonchev–Trinajstić information content (AvgIpc) is 2.61. The zero-order valence-electron chi connectivity index (χ0n) is 14.6. The minimum Gasteiger partial charge on any atom is -0.378 e. The monoisotopic (exact) mass is 357 g/mol. The molecule has 0 saturated carbocycles. The van der Waals surface area contributed by atoms with Gasteiger partial charge in [-0.25, -0.2) is 4.98 Å². The van der Waals surface area contributed by atoms with Crippen LogP contribution < -0.4 is 15.5 Å². The second kappa shape index (κ2) is 8.22. The van der Waals surface area contributed by atoms with Crippen LogP contribution >= 0.6 is 12.2 Å². The van der Waals surface area contributed by atoms with Gasteiger partial charge in [-0.3, -0.25) is 0 Å². The van der Waals surface area contributed by atoms with Crippen LogP contribution in [0.15, 0.2) is 30.3 Å². The number of hydrogen-bond donors (Lipinski definition) is 2. The number of ether oxygens (including phenoxy) is 1. The third-order valence-corrected chi connectivity index (χ3v) is 4.22. The number of anilines is 2. The highest BCUT2D eigenvalue weighted by Gasteiger charge is 2.14. The predicted molar refractivity (Wildman–Crippen MR) is 104 cm³/mol. The van der Waals surface area contributed by atoms with E-state index in [0.717, 1.165) is 37.8 Å². The molecule has 3 rings (SSSR count). The first-order valence-electron chi connectivity index (χ1n) is 8.39. The molecule has 1 aliphatic rings. The van der Waals surface area contributed by atoms with Gasteiger partial charge in [-0.05, 0) is 31.6 Å². The summed E-state index contributed by atoms with van der Waals surface area (Å²) in [6.45, 7) is 7.82. The van der Waals surface area contributed by atoms with E-state index in [0.29, 0.717) is 17.6 Å². The number of morpholine rings is 1. The SMILES string of the molecule is Cc1ccc(CNC(=S)Nc2nc(C)cc(N3CCOCC3)n2)cc1. The molecule has 2 heterocycles. The lowest BCUT2D eigenvalue weighted by atomic mass is 10.1. The van der Waals surface area contributed by atoms with Gasteiger partial charge in [0.1, 0.15) is 5.82 Å². The van der Waals surface area contributed by atoms with E-state index in [4.69, 9.17) is 17.0 Å². The summed E-state index contributed by atoms with van der Waals surface area (Å²) in [6, 6.07) is 10.3. The van der Waals surface area contributed by atoms with Gasteiger partial charge < -0.3 is 20.3 Å². The number of aromatic nitrogens is 2. The van der Waals surface area contributed by atoms with Gasteiger partial charge in [0.2, 0.25) is 5.95 Å². The van der Waals surface area contributed by atoms with Crippen molar-refractivity contribution in [2.75, 3.05) is 36.5 Å². The van der Waals surface area contributed by atoms with Crippen LogP contribution in [0.5, 0.6) is 0 Å². The highest BCUT2D eigenvalue weighted by Crippen LogP contribution is 2.16. The summed E-state index contributed by atoms with van der Waals surface area (Å²) < 4.78 is 5.40. The molecule has 1 aromatic carbocycles. The Balaban J connectivity index is 1.60. The normalized spacial score (nSPS) is 14.2. The van der Waals surface area contributed by atoms with Crippen LogP contribution in [-0.4, -0.2) is 41.4 Å². The molecule has 0 bridgehead atoms. The van der Waals surface area contributed by atoms with Crippen molar-refractivity contribution in [3.05, 3.63) is 47.2 Å². The third-order valence-electron chi connectivity index (χ3n) is 3.97. The largest absolute Gasteiger partial charge is 0.378 e. The topological polar surface area (TPSA) is 62.3 Å². The van der Waals surface area contributed by atoms with E-state index in [9.17, 15) is 0 Å². The maximum Gasteiger partial charge on any atom is 0.231 e. The van der Waals surface area contributed by atoms with E-state index < -0.39 is 0 Å². The highest BCUT2D eigenvalue weighted by atomic mass is 32.1. The van der Waals surface area contributed by atoms with Gasteiger partial charge in [-0.1, -0.05) is 29.8 Å². The number of rotatable bonds is 4. The van der Waals surface area contributed by atoms with E-state index >= 15 is 0 Å². The quantitative estimate of drug-likeness (QED) is 0.815. The summed E-state index contributed by atoms with van der Waals surface area (Å²) in [5.74, 6) is 1.42. The summed E-state index contributed by atoms with van der Waals surface area (Å²) >= 11 is 5.37. The first-order chi connectivity index (χ1) is 12.1. The van der Waals surface area contributed by atoms with Crippen LogP contribution in [-0.2, 0) is 11.3 Å². The molecule has 0 spiro atoms. The first-order valence-corrected chi connectivity index (χ1v) is 8.80. The second-order valence-electron chi connectivity index (χ2n) is 6.08. The highest BCUT2D eigenvalue weighted by molar-refractivity contribution is 7.80. The van der Waals surface area contributed by atoms with Crippen LogP contribution in [0.25, 0.3) is 0 Å². The van der Waals surface area contributed by atoms with Gasteiger partial charge in [0.05, 0.1) is 13.2 Å². The lowest BCUT2D eigenvalue weighted by molar-refractivity contribution is 0.122. The molecular formula is C18H23N5OS. The van der Waals surface area contributed by atoms with E-state index in [-0.39, 0.29) is 0 Å². The van der Waals surface area contributed by atoms with Gasteiger partial charge in [-0.15, -0.1) is 0 Å². The number of benzene rings is 1. The van der Waals surface area contributed by atoms with Crippen LogP contribution in [0.1, 0.15) is 16.8 Å². The average molecular weight is 357 g/mol. The van der Waals surface area contributed by atoms with E-state index in [1.165, 1.54) is 11.1 Å². The zero-order chi connectivity index (χ0) is 17.6. The molecule has 0 atom stereocenters. The van der Waals surface area contributed by atoms with Crippen LogP contribution in [0.3, 0.4) is 0 Å². The number of thiocarbonyl (C=S) groups is 1. The van der Waals surface area contributed by atoms with Crippen LogP contribution in [0.4, 0.5) is 11.8 Å². The van der Waals surface area contributed by atoms with Gasteiger partial charge in [0.15, 0.2) is 5.11 Å². The number of nitrogens with zero attached hydrogens (tertiary/aromatic N) is 3. The lowest BCUT2D eigenvalue weighted by Crippen LogP contribution is -2.37. The van der Waals surface area contributed by atoms with Crippen molar-refractivity contribution in [1.82, 2.24) is 15.3 Å². The molecule has 25 heavy (non-hydrogen) atoms. The molecule has 7 heteroatoms. The molecule has 1 aliphatic heterocycles. The molecule has 132 valence electrons. The Morgan fingerprint density at radius 1 is 1.16 bits per heavy atom. The number of hydrogen-bond acceptors (Lipinski definition) is 5. The van der Waals surface area contributed by atoms with Crippen LogP contribution in [0.2, 0.25) is 0 Å². The predicted octanol–water partition coefficient (Wildman–Crippen LogP) is 2.42. The smallest absolute Gasteiger partial charge is 0.231 e. The minimum absolute atomic E-state index is 0.513.